The lowest BCUT2D eigenvalue weighted by Crippen LogP contribution is -2.26. The highest BCUT2D eigenvalue weighted by atomic mass is 32.2. The standard InChI is InChI=1S/C11H14FN5O2S/c1-17-7-14-11(16-17)2-3-15-20(18,19)10-5-8(12)4-9(13)6-10/h4-7,15H,2-3,13H2,1H3. The molecule has 0 bridgehead atoms. The van der Waals surface area contributed by atoms with Crippen molar-refractivity contribution in [1.82, 2.24) is 19.5 Å². The van der Waals surface area contributed by atoms with Crippen LogP contribution in [0.2, 0.25) is 0 Å². The van der Waals surface area contributed by atoms with E-state index in [1.807, 2.05) is 0 Å². The van der Waals surface area contributed by atoms with Gasteiger partial charge in [-0.15, -0.1) is 0 Å². The van der Waals surface area contributed by atoms with Crippen molar-refractivity contribution < 1.29 is 12.8 Å². The van der Waals surface area contributed by atoms with Crippen LogP contribution in [0.5, 0.6) is 0 Å². The van der Waals surface area contributed by atoms with Gasteiger partial charge in [0.1, 0.15) is 12.1 Å². The number of benzene rings is 1. The summed E-state index contributed by atoms with van der Waals surface area (Å²) >= 11 is 0. The van der Waals surface area contributed by atoms with Gasteiger partial charge in [-0.05, 0) is 18.2 Å². The molecule has 0 aliphatic rings. The van der Waals surface area contributed by atoms with Crippen molar-refractivity contribution in [2.45, 2.75) is 11.3 Å². The summed E-state index contributed by atoms with van der Waals surface area (Å²) in [6.45, 7) is 0.114. The fraction of sp³-hybridized carbons (Fsp3) is 0.273. The predicted octanol–water partition coefficient (Wildman–Crippen LogP) is 0.0574. The molecule has 20 heavy (non-hydrogen) atoms. The quantitative estimate of drug-likeness (QED) is 0.760. The first kappa shape index (κ1) is 14.4. The molecule has 9 heteroatoms. The number of hydrogen-bond donors (Lipinski definition) is 2. The molecule has 0 radical (unpaired) electrons. The molecule has 7 nitrogen and oxygen atoms in total. The van der Waals surface area contributed by atoms with Gasteiger partial charge in [0, 0.05) is 25.7 Å². The monoisotopic (exact) mass is 299 g/mol. The Morgan fingerprint density at radius 1 is 1.40 bits per heavy atom. The van der Waals surface area contributed by atoms with Crippen LogP contribution in [-0.2, 0) is 23.5 Å². The van der Waals surface area contributed by atoms with Gasteiger partial charge in [-0.1, -0.05) is 0 Å². The van der Waals surface area contributed by atoms with Gasteiger partial charge < -0.3 is 5.73 Å². The molecule has 0 saturated carbocycles. The van der Waals surface area contributed by atoms with Crippen molar-refractivity contribution in [3.63, 3.8) is 0 Å². The van der Waals surface area contributed by atoms with E-state index in [0.29, 0.717) is 12.2 Å². The number of aryl methyl sites for hydroxylation is 1. The zero-order valence-electron chi connectivity index (χ0n) is 10.7. The molecular formula is C11H14FN5O2S. The maximum absolute atomic E-state index is 13.2. The Labute approximate surface area is 115 Å². The van der Waals surface area contributed by atoms with Crippen LogP contribution < -0.4 is 10.5 Å². The van der Waals surface area contributed by atoms with Crippen LogP contribution in [0.15, 0.2) is 29.4 Å². The number of rotatable bonds is 5. The molecule has 2 rings (SSSR count). The number of nitrogens with one attached hydrogen (secondary N) is 1. The summed E-state index contributed by atoms with van der Waals surface area (Å²) in [4.78, 5) is 3.77. The van der Waals surface area contributed by atoms with E-state index in [2.05, 4.69) is 14.8 Å². The number of nitrogens with zero attached hydrogens (tertiary/aromatic N) is 3. The van der Waals surface area contributed by atoms with Gasteiger partial charge in [-0.3, -0.25) is 4.68 Å². The molecule has 0 spiro atoms. The van der Waals surface area contributed by atoms with Crippen LogP contribution in [0.25, 0.3) is 0 Å². The van der Waals surface area contributed by atoms with Crippen LogP contribution >= 0.6 is 0 Å². The molecule has 1 aromatic carbocycles. The van der Waals surface area contributed by atoms with Crippen LogP contribution in [-0.4, -0.2) is 29.7 Å². The zero-order chi connectivity index (χ0) is 14.8. The molecule has 1 aromatic heterocycles. The van der Waals surface area contributed by atoms with E-state index in [4.69, 9.17) is 5.73 Å². The summed E-state index contributed by atoms with van der Waals surface area (Å²) in [6.07, 6.45) is 1.86. The fourth-order valence-corrected chi connectivity index (χ4v) is 2.71. The van der Waals surface area contributed by atoms with E-state index in [1.54, 1.807) is 7.05 Å². The summed E-state index contributed by atoms with van der Waals surface area (Å²) in [6, 6.07) is 3.17. The smallest absolute Gasteiger partial charge is 0.240 e. The second kappa shape index (κ2) is 5.55. The van der Waals surface area contributed by atoms with Crippen molar-refractivity contribution in [3.05, 3.63) is 36.2 Å². The van der Waals surface area contributed by atoms with Crippen LogP contribution in [0.3, 0.4) is 0 Å². The maximum atomic E-state index is 13.2. The average Bonchev–Trinajstić information content (AvgIpc) is 2.73. The van der Waals surface area contributed by atoms with Gasteiger partial charge in [-0.25, -0.2) is 22.5 Å². The van der Waals surface area contributed by atoms with Gasteiger partial charge in [0.15, 0.2) is 5.82 Å². The zero-order valence-corrected chi connectivity index (χ0v) is 11.6. The van der Waals surface area contributed by atoms with E-state index in [-0.39, 0.29) is 17.1 Å². The number of nitrogens with two attached hydrogens (primary N) is 1. The lowest BCUT2D eigenvalue weighted by Gasteiger charge is -2.06. The minimum Gasteiger partial charge on any atom is -0.399 e. The average molecular weight is 299 g/mol. The van der Waals surface area contributed by atoms with Gasteiger partial charge in [0.25, 0.3) is 0 Å². The Kier molecular flexibility index (Phi) is 4.00. The van der Waals surface area contributed by atoms with Crippen molar-refractivity contribution in [2.75, 3.05) is 12.3 Å². The number of hydrogen-bond acceptors (Lipinski definition) is 5. The molecule has 0 amide bonds. The Morgan fingerprint density at radius 2 is 2.15 bits per heavy atom. The molecule has 108 valence electrons. The lowest BCUT2D eigenvalue weighted by atomic mass is 10.3. The van der Waals surface area contributed by atoms with E-state index < -0.39 is 15.8 Å². The Hall–Kier alpha value is -2.00. The summed E-state index contributed by atoms with van der Waals surface area (Å²) in [5.74, 6) is -0.175. The van der Waals surface area contributed by atoms with Crippen molar-refractivity contribution >= 4 is 15.7 Å². The maximum Gasteiger partial charge on any atom is 0.240 e. The largest absolute Gasteiger partial charge is 0.399 e. The van der Waals surface area contributed by atoms with Crippen molar-refractivity contribution in [1.29, 1.82) is 0 Å². The van der Waals surface area contributed by atoms with Crippen molar-refractivity contribution in [2.24, 2.45) is 7.05 Å². The minimum atomic E-state index is -3.80. The van der Waals surface area contributed by atoms with Gasteiger partial charge >= 0.3 is 0 Å². The second-order valence-electron chi connectivity index (χ2n) is 4.20. The normalized spacial score (nSPS) is 11.7. The molecule has 2 aromatic rings. The van der Waals surface area contributed by atoms with E-state index in [0.717, 1.165) is 12.1 Å². The Bertz CT molecular complexity index is 693. The predicted molar refractivity (Wildman–Crippen MR) is 70.7 cm³/mol. The molecule has 0 aliphatic heterocycles. The molecule has 0 saturated heterocycles. The van der Waals surface area contributed by atoms with Crippen molar-refractivity contribution in [3.8, 4) is 0 Å². The van der Waals surface area contributed by atoms with Crippen LogP contribution in [0, 0.1) is 5.82 Å². The minimum absolute atomic E-state index is 0.0526. The molecule has 0 atom stereocenters. The fourth-order valence-electron chi connectivity index (χ4n) is 1.62. The molecule has 3 N–H and O–H groups in total. The third-order valence-electron chi connectivity index (χ3n) is 2.49. The third kappa shape index (κ3) is 3.52. The van der Waals surface area contributed by atoms with Crippen LogP contribution in [0.4, 0.5) is 10.1 Å². The summed E-state index contributed by atoms with van der Waals surface area (Å²) in [5, 5.41) is 4.02. The third-order valence-corrected chi connectivity index (χ3v) is 3.93. The molecule has 0 aliphatic carbocycles. The SMILES string of the molecule is Cn1cnc(CCNS(=O)(=O)c2cc(N)cc(F)c2)n1. The highest BCUT2D eigenvalue weighted by Crippen LogP contribution is 2.15. The van der Waals surface area contributed by atoms with Crippen LogP contribution in [0.1, 0.15) is 5.82 Å². The molecule has 0 fully saturated rings. The lowest BCUT2D eigenvalue weighted by molar-refractivity contribution is 0.577. The number of sulfonamides is 1. The summed E-state index contributed by atoms with van der Waals surface area (Å²) in [7, 11) is -2.08. The van der Waals surface area contributed by atoms with Gasteiger partial charge in [-0.2, -0.15) is 5.10 Å². The first-order valence-electron chi connectivity index (χ1n) is 5.77. The Morgan fingerprint density at radius 3 is 2.75 bits per heavy atom. The highest BCUT2D eigenvalue weighted by Gasteiger charge is 2.15. The van der Waals surface area contributed by atoms with Gasteiger partial charge in [0.05, 0.1) is 4.90 Å². The van der Waals surface area contributed by atoms with E-state index in [9.17, 15) is 12.8 Å². The number of halogens is 1. The summed E-state index contributed by atoms with van der Waals surface area (Å²) < 4.78 is 40.9. The van der Waals surface area contributed by atoms with E-state index in [1.165, 1.54) is 17.1 Å². The first-order chi connectivity index (χ1) is 9.37. The second-order valence-corrected chi connectivity index (χ2v) is 5.97. The molecule has 0 unspecified atom stereocenters. The molecule has 1 heterocycles. The van der Waals surface area contributed by atoms with Gasteiger partial charge in [0.2, 0.25) is 10.0 Å². The number of anilines is 1. The number of nitrogen functional groups attached to an aromatic ring is 1. The first-order valence-corrected chi connectivity index (χ1v) is 7.25. The topological polar surface area (TPSA) is 103 Å². The summed E-state index contributed by atoms with van der Waals surface area (Å²) in [5.41, 5.74) is 5.48. The highest BCUT2D eigenvalue weighted by molar-refractivity contribution is 7.89. The Balaban J connectivity index is 2.03. The molecular weight excluding hydrogens is 285 g/mol. The van der Waals surface area contributed by atoms with E-state index >= 15 is 0 Å². The number of aromatic nitrogens is 3.